The normalized spacial score (nSPS) is 49.6. The monoisotopic (exact) mass is 289 g/mol. The zero-order chi connectivity index (χ0) is 14.8. The number of hydrogen-bond acceptors (Lipinski definition) is 3. The molecule has 116 valence electrons. The molecule has 0 unspecified atom stereocenters. The third kappa shape index (κ3) is 1.73. The van der Waals surface area contributed by atoms with Gasteiger partial charge in [-0.3, -0.25) is 4.79 Å². The van der Waals surface area contributed by atoms with Gasteiger partial charge in [0.25, 0.3) is 0 Å². The summed E-state index contributed by atoms with van der Waals surface area (Å²) in [4.78, 5) is 12.0. The van der Waals surface area contributed by atoms with Crippen molar-refractivity contribution in [3.63, 3.8) is 0 Å². The van der Waals surface area contributed by atoms with Gasteiger partial charge in [-0.15, -0.1) is 0 Å². The number of Topliss-reactive ketones (excluding diaryl/α,β-unsaturated/α-hetero) is 1. The maximum absolute atomic E-state index is 12.0. The van der Waals surface area contributed by atoms with Crippen molar-refractivity contribution in [3.05, 3.63) is 11.3 Å². The Kier molecular flexibility index (Phi) is 2.86. The van der Waals surface area contributed by atoms with Crippen molar-refractivity contribution >= 4 is 5.78 Å². The predicted molar refractivity (Wildman–Crippen MR) is 81.5 cm³/mol. The Morgan fingerprint density at radius 2 is 1.90 bits per heavy atom. The minimum absolute atomic E-state index is 0.120. The van der Waals surface area contributed by atoms with E-state index in [2.05, 4.69) is 13.8 Å². The number of fused-ring (bicyclic) bond motifs is 5. The molecule has 4 aliphatic rings. The molecular weight excluding hydrogens is 262 g/mol. The van der Waals surface area contributed by atoms with Crippen molar-refractivity contribution in [2.75, 3.05) is 6.61 Å². The van der Waals surface area contributed by atoms with Gasteiger partial charge in [-0.25, -0.2) is 0 Å². The Hall–Kier alpha value is -0.830. The van der Waals surface area contributed by atoms with E-state index >= 15 is 0 Å². The Morgan fingerprint density at radius 1 is 1.10 bits per heavy atom. The highest BCUT2D eigenvalue weighted by Crippen LogP contribution is 2.62. The van der Waals surface area contributed by atoms with E-state index in [1.807, 2.05) is 0 Å². The van der Waals surface area contributed by atoms with E-state index in [-0.39, 0.29) is 16.8 Å². The summed E-state index contributed by atoms with van der Waals surface area (Å²) in [5.41, 5.74) is 8.37. The van der Waals surface area contributed by atoms with Gasteiger partial charge in [0.15, 0.2) is 5.78 Å². The predicted octanol–water partition coefficient (Wildman–Crippen LogP) is 3.18. The highest BCUT2D eigenvalue weighted by molar-refractivity contribution is 5.96. The van der Waals surface area contributed by atoms with Crippen molar-refractivity contribution in [2.45, 2.75) is 64.4 Å². The number of carbonyl (C=O) groups excluding carboxylic acids is 1. The molecule has 3 heteroatoms. The molecule has 3 aliphatic carbocycles. The van der Waals surface area contributed by atoms with Crippen LogP contribution < -0.4 is 5.73 Å². The van der Waals surface area contributed by atoms with E-state index in [4.69, 9.17) is 10.5 Å². The van der Waals surface area contributed by atoms with Crippen LogP contribution in [0.4, 0.5) is 0 Å². The minimum Gasteiger partial charge on any atom is -0.396 e. The summed E-state index contributed by atoms with van der Waals surface area (Å²) in [5.74, 6) is 2.37. The number of carbonyl (C=O) groups is 1. The van der Waals surface area contributed by atoms with Crippen LogP contribution in [0, 0.1) is 23.2 Å². The highest BCUT2D eigenvalue weighted by atomic mass is 16.5. The van der Waals surface area contributed by atoms with Gasteiger partial charge in [-0.05, 0) is 74.2 Å². The van der Waals surface area contributed by atoms with Crippen LogP contribution >= 0.6 is 0 Å². The Labute approximate surface area is 127 Å². The molecule has 0 radical (unpaired) electrons. The average molecular weight is 289 g/mol. The maximum Gasteiger partial charge on any atom is 0.178 e. The summed E-state index contributed by atoms with van der Waals surface area (Å²) in [6, 6.07) is 0. The molecular formula is C18H27NO2. The SMILES string of the molecule is C[C@]12CCC(=O)C(N)=C1CC[C@@H]1[C@@H]2CC[C@]2(C)OCC[C@@H]12. The van der Waals surface area contributed by atoms with Crippen LogP contribution in [0.25, 0.3) is 0 Å². The molecule has 0 aromatic rings. The number of ether oxygens (including phenoxy) is 1. The molecule has 2 N–H and O–H groups in total. The summed E-state index contributed by atoms with van der Waals surface area (Å²) in [5, 5.41) is 0. The molecule has 5 atom stereocenters. The fraction of sp³-hybridized carbons (Fsp3) is 0.833. The molecule has 0 spiro atoms. The van der Waals surface area contributed by atoms with E-state index in [0.717, 1.165) is 25.4 Å². The number of allylic oxidation sites excluding steroid dienone is 2. The minimum atomic E-state index is 0.120. The zero-order valence-electron chi connectivity index (χ0n) is 13.3. The molecule has 2 saturated carbocycles. The van der Waals surface area contributed by atoms with E-state index in [0.29, 0.717) is 24.0 Å². The lowest BCUT2D eigenvalue weighted by molar-refractivity contribution is -0.120. The molecule has 21 heavy (non-hydrogen) atoms. The van der Waals surface area contributed by atoms with Gasteiger partial charge in [0.1, 0.15) is 0 Å². The first-order valence-corrected chi connectivity index (χ1v) is 8.62. The number of nitrogens with two attached hydrogens (primary N) is 1. The molecule has 3 fully saturated rings. The summed E-state index contributed by atoms with van der Waals surface area (Å²) in [6.07, 6.45) is 7.52. The van der Waals surface area contributed by atoms with Crippen molar-refractivity contribution in [1.29, 1.82) is 0 Å². The first-order valence-electron chi connectivity index (χ1n) is 8.62. The molecule has 0 bridgehead atoms. The van der Waals surface area contributed by atoms with E-state index in [9.17, 15) is 4.79 Å². The quantitative estimate of drug-likeness (QED) is 0.745. The lowest BCUT2D eigenvalue weighted by Crippen LogP contribution is -2.52. The Balaban J connectivity index is 1.72. The molecule has 1 saturated heterocycles. The largest absolute Gasteiger partial charge is 0.396 e. The Bertz CT molecular complexity index is 525. The number of ketones is 1. The molecule has 3 nitrogen and oxygen atoms in total. The second-order valence-corrected chi connectivity index (χ2v) is 8.14. The van der Waals surface area contributed by atoms with Crippen molar-refractivity contribution < 1.29 is 9.53 Å². The van der Waals surface area contributed by atoms with Gasteiger partial charge >= 0.3 is 0 Å². The maximum atomic E-state index is 12.0. The van der Waals surface area contributed by atoms with Gasteiger partial charge in [0.2, 0.25) is 0 Å². The lowest BCUT2D eigenvalue weighted by Gasteiger charge is -2.56. The standard InChI is InChI=1S/C18H27NO2/c1-17-8-6-15(20)16(19)14(17)4-3-11-12(17)5-9-18(2)13(11)7-10-21-18/h11-13H,3-10,19H2,1-2H3/t11-,12+,13+,17-,18+/m1/s1. The summed E-state index contributed by atoms with van der Waals surface area (Å²) >= 11 is 0. The molecule has 4 rings (SSSR count). The molecule has 0 aromatic carbocycles. The zero-order valence-corrected chi connectivity index (χ0v) is 13.3. The van der Waals surface area contributed by atoms with Crippen LogP contribution in [0.1, 0.15) is 58.8 Å². The third-order valence-electron chi connectivity index (χ3n) is 7.36. The average Bonchev–Trinajstić information content (AvgIpc) is 2.85. The first-order chi connectivity index (χ1) is 9.96. The van der Waals surface area contributed by atoms with Gasteiger partial charge in [-0.2, -0.15) is 0 Å². The lowest BCUT2D eigenvalue weighted by atomic mass is 9.48. The number of hydrogen-bond donors (Lipinski definition) is 1. The van der Waals surface area contributed by atoms with Crippen LogP contribution in [-0.2, 0) is 9.53 Å². The molecule has 1 heterocycles. The molecule has 1 aliphatic heterocycles. The summed E-state index contributed by atoms with van der Waals surface area (Å²) in [6.45, 7) is 5.65. The van der Waals surface area contributed by atoms with Gasteiger partial charge in [-0.1, -0.05) is 6.92 Å². The summed E-state index contributed by atoms with van der Waals surface area (Å²) in [7, 11) is 0. The summed E-state index contributed by atoms with van der Waals surface area (Å²) < 4.78 is 6.11. The van der Waals surface area contributed by atoms with Gasteiger partial charge in [0, 0.05) is 13.0 Å². The first kappa shape index (κ1) is 13.8. The Morgan fingerprint density at radius 3 is 2.71 bits per heavy atom. The third-order valence-corrected chi connectivity index (χ3v) is 7.36. The van der Waals surface area contributed by atoms with Gasteiger partial charge < -0.3 is 10.5 Å². The van der Waals surface area contributed by atoms with Crippen molar-refractivity contribution in [2.24, 2.45) is 28.9 Å². The highest BCUT2D eigenvalue weighted by Gasteiger charge is 2.57. The van der Waals surface area contributed by atoms with Crippen LogP contribution in [-0.4, -0.2) is 18.0 Å². The van der Waals surface area contributed by atoms with Crippen molar-refractivity contribution in [1.82, 2.24) is 0 Å². The fourth-order valence-corrected chi connectivity index (χ4v) is 6.16. The fourth-order valence-electron chi connectivity index (χ4n) is 6.16. The number of rotatable bonds is 0. The second kappa shape index (κ2) is 4.34. The topological polar surface area (TPSA) is 52.3 Å². The smallest absolute Gasteiger partial charge is 0.178 e. The van der Waals surface area contributed by atoms with Crippen LogP contribution in [0.5, 0.6) is 0 Å². The molecule has 0 aromatic heterocycles. The second-order valence-electron chi connectivity index (χ2n) is 8.14. The van der Waals surface area contributed by atoms with Crippen LogP contribution in [0.3, 0.4) is 0 Å². The van der Waals surface area contributed by atoms with Gasteiger partial charge in [0.05, 0.1) is 11.3 Å². The molecule has 0 amide bonds. The van der Waals surface area contributed by atoms with Crippen molar-refractivity contribution in [3.8, 4) is 0 Å². The van der Waals surface area contributed by atoms with E-state index in [1.165, 1.54) is 31.3 Å². The van der Waals surface area contributed by atoms with Crippen LogP contribution in [0.15, 0.2) is 11.3 Å². The van der Waals surface area contributed by atoms with E-state index in [1.54, 1.807) is 0 Å². The van der Waals surface area contributed by atoms with E-state index < -0.39 is 0 Å². The van der Waals surface area contributed by atoms with Crippen LogP contribution in [0.2, 0.25) is 0 Å².